The van der Waals surface area contributed by atoms with Crippen molar-refractivity contribution in [3.8, 4) is 0 Å². The highest BCUT2D eigenvalue weighted by atomic mass is 32.1. The Balaban J connectivity index is 1.69. The molecule has 1 unspecified atom stereocenters. The van der Waals surface area contributed by atoms with Gasteiger partial charge in [-0.15, -0.1) is 11.3 Å². The molecule has 0 aliphatic heterocycles. The molecule has 3 aromatic rings. The normalized spacial score (nSPS) is 12.4. The summed E-state index contributed by atoms with van der Waals surface area (Å²) in [5.41, 5.74) is 0. The van der Waals surface area contributed by atoms with Gasteiger partial charge in [0.2, 0.25) is 0 Å². The number of thiophene rings is 1. The van der Waals surface area contributed by atoms with Crippen molar-refractivity contribution in [3.63, 3.8) is 0 Å². The van der Waals surface area contributed by atoms with Gasteiger partial charge in [0.15, 0.2) is 0 Å². The molecule has 0 saturated heterocycles. The number of rotatable bonds is 11. The molecule has 0 fully saturated rings. The Bertz CT molecular complexity index is 760. The van der Waals surface area contributed by atoms with E-state index in [1.54, 1.807) is 0 Å². The van der Waals surface area contributed by atoms with Gasteiger partial charge in [-0.25, -0.2) is 0 Å². The van der Waals surface area contributed by atoms with Crippen molar-refractivity contribution in [2.24, 2.45) is 0 Å². The molecule has 0 spiro atoms. The lowest BCUT2D eigenvalue weighted by atomic mass is 10.1. The molecule has 1 nitrogen and oxygen atoms in total. The average Bonchev–Trinajstić information content (AvgIpc) is 3.24. The first-order valence-electron chi connectivity index (χ1n) is 10.5. The van der Waals surface area contributed by atoms with Crippen molar-refractivity contribution in [2.45, 2.75) is 45.6 Å². The van der Waals surface area contributed by atoms with Crippen LogP contribution in [0.4, 0.5) is 0 Å². The van der Waals surface area contributed by atoms with Gasteiger partial charge in [-0.2, -0.15) is 0 Å². The van der Waals surface area contributed by atoms with Gasteiger partial charge in [0.1, 0.15) is 0 Å². The zero-order valence-electron chi connectivity index (χ0n) is 17.1. The van der Waals surface area contributed by atoms with E-state index in [9.17, 15) is 0 Å². The molecule has 1 aromatic heterocycles. The van der Waals surface area contributed by atoms with Crippen molar-refractivity contribution in [3.05, 3.63) is 82.6 Å². The zero-order valence-corrected chi connectivity index (χ0v) is 18.8. The minimum atomic E-state index is -0.320. The van der Waals surface area contributed by atoms with Crippen molar-refractivity contribution < 1.29 is 0 Å². The van der Waals surface area contributed by atoms with Crippen LogP contribution in [0.15, 0.2) is 72.8 Å². The number of unbranched alkanes of at least 4 members (excludes halogenated alkanes) is 1. The smallest absolute Gasteiger partial charge is 0.0415 e. The molecular weight excluding hydrogens is 377 g/mol. The van der Waals surface area contributed by atoms with E-state index in [1.807, 2.05) is 11.3 Å². The van der Waals surface area contributed by atoms with E-state index in [2.05, 4.69) is 92.0 Å². The Hall–Kier alpha value is -1.47. The predicted octanol–water partition coefficient (Wildman–Crippen LogP) is 6.26. The number of aryl methyl sites for hydroxylation is 1. The molecule has 1 atom stereocenters. The van der Waals surface area contributed by atoms with Crippen LogP contribution in [0.25, 0.3) is 0 Å². The Morgan fingerprint density at radius 2 is 1.50 bits per heavy atom. The molecule has 2 aromatic carbocycles. The second-order valence-electron chi connectivity index (χ2n) is 7.13. The van der Waals surface area contributed by atoms with Crippen LogP contribution >= 0.6 is 19.3 Å². The van der Waals surface area contributed by atoms with Crippen LogP contribution in [0.2, 0.25) is 0 Å². The summed E-state index contributed by atoms with van der Waals surface area (Å²) in [6, 6.07) is 27.2. The number of nitrogens with one attached hydrogen (secondary N) is 1. The maximum absolute atomic E-state index is 3.90. The van der Waals surface area contributed by atoms with Gasteiger partial charge >= 0.3 is 0 Å². The van der Waals surface area contributed by atoms with Gasteiger partial charge in [-0.1, -0.05) is 87.4 Å². The van der Waals surface area contributed by atoms with Crippen LogP contribution in [0.1, 0.15) is 48.9 Å². The molecule has 0 amide bonds. The van der Waals surface area contributed by atoms with Crippen molar-refractivity contribution in [1.29, 1.82) is 0 Å². The van der Waals surface area contributed by atoms with Gasteiger partial charge < -0.3 is 5.32 Å². The molecule has 0 bridgehead atoms. The van der Waals surface area contributed by atoms with Crippen LogP contribution in [0.3, 0.4) is 0 Å². The zero-order chi connectivity index (χ0) is 19.6. The Morgan fingerprint density at radius 3 is 2.04 bits per heavy atom. The lowest BCUT2D eigenvalue weighted by molar-refractivity contribution is 0.503. The summed E-state index contributed by atoms with van der Waals surface area (Å²) in [5, 5.41) is 6.85. The van der Waals surface area contributed by atoms with Crippen LogP contribution in [0, 0.1) is 0 Å². The van der Waals surface area contributed by atoms with E-state index < -0.39 is 0 Å². The summed E-state index contributed by atoms with van der Waals surface area (Å²) in [7, 11) is -0.320. The molecule has 28 heavy (non-hydrogen) atoms. The molecule has 3 heteroatoms. The molecule has 1 N–H and O–H groups in total. The van der Waals surface area contributed by atoms with Crippen molar-refractivity contribution >= 4 is 29.9 Å². The molecule has 3 rings (SSSR count). The van der Waals surface area contributed by atoms with E-state index in [0.717, 1.165) is 13.0 Å². The van der Waals surface area contributed by atoms with Crippen molar-refractivity contribution in [1.82, 2.24) is 5.32 Å². The second-order valence-corrected chi connectivity index (χ2v) is 10.7. The molecular formula is C25H32NPS. The number of hydrogen-bond acceptors (Lipinski definition) is 2. The highest BCUT2D eigenvalue weighted by Gasteiger charge is 2.16. The fourth-order valence-electron chi connectivity index (χ4n) is 3.50. The first-order valence-corrected chi connectivity index (χ1v) is 12.9. The standard InChI is InChI=1S/C25H32NPS/c1-3-5-16-24(25-18-17-23(4-2)28-25)26-19-20-27(21-12-8-6-9-13-21)22-14-10-7-11-15-22/h6-15,17-18,24,26H,3-5,16,19-20H2,1-2H3. The molecule has 0 radical (unpaired) electrons. The van der Waals surface area contributed by atoms with Gasteiger partial charge in [-0.05, 0) is 49.7 Å². The second kappa shape index (κ2) is 11.5. The monoisotopic (exact) mass is 409 g/mol. The van der Waals surface area contributed by atoms with E-state index in [4.69, 9.17) is 0 Å². The minimum absolute atomic E-state index is 0.320. The average molecular weight is 410 g/mol. The lowest BCUT2D eigenvalue weighted by Gasteiger charge is -2.22. The highest BCUT2D eigenvalue weighted by molar-refractivity contribution is 7.73. The first kappa shape index (κ1) is 21.2. The maximum atomic E-state index is 3.90. The number of benzene rings is 2. The fraction of sp³-hybridized carbons (Fsp3) is 0.360. The van der Waals surface area contributed by atoms with Crippen LogP contribution in [0.5, 0.6) is 0 Å². The third-order valence-corrected chi connectivity index (χ3v) is 8.94. The summed E-state index contributed by atoms with van der Waals surface area (Å²) < 4.78 is 0. The Labute approximate surface area is 176 Å². The summed E-state index contributed by atoms with van der Waals surface area (Å²) >= 11 is 1.99. The van der Waals surface area contributed by atoms with Gasteiger partial charge in [0, 0.05) is 22.3 Å². The molecule has 0 aliphatic rings. The molecule has 1 heterocycles. The number of hydrogen-bond donors (Lipinski definition) is 1. The quantitative estimate of drug-likeness (QED) is 0.368. The van der Waals surface area contributed by atoms with Gasteiger partial charge in [0.25, 0.3) is 0 Å². The Morgan fingerprint density at radius 1 is 0.857 bits per heavy atom. The van der Waals surface area contributed by atoms with Crippen LogP contribution in [-0.2, 0) is 6.42 Å². The maximum Gasteiger partial charge on any atom is 0.0415 e. The molecule has 0 aliphatic carbocycles. The van der Waals surface area contributed by atoms with Crippen molar-refractivity contribution in [2.75, 3.05) is 12.7 Å². The lowest BCUT2D eigenvalue weighted by Crippen LogP contribution is -2.26. The first-order chi connectivity index (χ1) is 13.8. The van der Waals surface area contributed by atoms with E-state index in [1.165, 1.54) is 45.8 Å². The third kappa shape index (κ3) is 6.01. The van der Waals surface area contributed by atoms with Gasteiger partial charge in [-0.3, -0.25) is 0 Å². The predicted molar refractivity (Wildman–Crippen MR) is 128 cm³/mol. The molecule has 0 saturated carbocycles. The molecule has 148 valence electrons. The fourth-order valence-corrected chi connectivity index (χ4v) is 6.79. The summed E-state index contributed by atoms with van der Waals surface area (Å²) in [4.78, 5) is 3.00. The summed E-state index contributed by atoms with van der Waals surface area (Å²) in [6.07, 6.45) is 6.08. The van der Waals surface area contributed by atoms with E-state index in [-0.39, 0.29) is 7.92 Å². The van der Waals surface area contributed by atoms with Crippen LogP contribution in [-0.4, -0.2) is 12.7 Å². The summed E-state index contributed by atoms with van der Waals surface area (Å²) in [5.74, 6) is 0. The SMILES string of the molecule is CCCCC(NCCP(c1ccccc1)c1ccccc1)c1ccc(CC)s1. The minimum Gasteiger partial charge on any atom is -0.309 e. The van der Waals surface area contributed by atoms with E-state index in [0.29, 0.717) is 6.04 Å². The van der Waals surface area contributed by atoms with Gasteiger partial charge in [0.05, 0.1) is 0 Å². The summed E-state index contributed by atoms with van der Waals surface area (Å²) in [6.45, 7) is 5.59. The third-order valence-electron chi connectivity index (χ3n) is 5.08. The van der Waals surface area contributed by atoms with Crippen LogP contribution < -0.4 is 15.9 Å². The highest BCUT2D eigenvalue weighted by Crippen LogP contribution is 2.33. The topological polar surface area (TPSA) is 12.0 Å². The van der Waals surface area contributed by atoms with E-state index >= 15 is 0 Å². The Kier molecular flexibility index (Phi) is 8.73. The largest absolute Gasteiger partial charge is 0.309 e.